The summed E-state index contributed by atoms with van der Waals surface area (Å²) in [6, 6.07) is 6.46. The molecule has 2 rings (SSSR count). The van der Waals surface area contributed by atoms with Crippen LogP contribution in [0, 0.1) is 20.8 Å². The number of rotatable bonds is 8. The first-order chi connectivity index (χ1) is 12.3. The second kappa shape index (κ2) is 8.44. The van der Waals surface area contributed by atoms with Crippen molar-refractivity contribution < 1.29 is 19.4 Å². The zero-order valence-electron chi connectivity index (χ0n) is 15.2. The Hall–Kier alpha value is -2.93. The van der Waals surface area contributed by atoms with Gasteiger partial charge in [0, 0.05) is 5.69 Å². The Labute approximate surface area is 152 Å². The molecule has 0 aliphatic carbocycles. The Morgan fingerprint density at radius 1 is 1.27 bits per heavy atom. The minimum absolute atomic E-state index is 0.149. The molecule has 0 radical (unpaired) electrons. The molecule has 1 unspecified atom stereocenters. The van der Waals surface area contributed by atoms with Gasteiger partial charge in [0.05, 0.1) is 18.9 Å². The summed E-state index contributed by atoms with van der Waals surface area (Å²) in [5, 5.41) is 16.0. The van der Waals surface area contributed by atoms with E-state index in [1.807, 2.05) is 32.9 Å². The number of nitrogens with one attached hydrogen (secondary N) is 1. The topological polar surface area (TPSA) is 93.5 Å². The predicted molar refractivity (Wildman–Crippen MR) is 97.7 cm³/mol. The lowest BCUT2D eigenvalue weighted by molar-refractivity contribution is -0.140. The maximum atomic E-state index is 12.4. The molecule has 0 bridgehead atoms. The van der Waals surface area contributed by atoms with Crippen LogP contribution < -0.4 is 5.32 Å². The summed E-state index contributed by atoms with van der Waals surface area (Å²) in [5.41, 5.74) is 3.95. The minimum Gasteiger partial charge on any atom is -0.480 e. The highest BCUT2D eigenvalue weighted by Crippen LogP contribution is 2.16. The number of amides is 1. The van der Waals surface area contributed by atoms with E-state index in [0.717, 1.165) is 22.5 Å². The standard InChI is InChI=1S/C19H23N3O4/c1-5-6-26-11-17(19(24)25)20-18(23)16-10-14(4)22(21-16)15-8-12(2)7-13(3)9-15/h5,7-10,17H,1,6,11H2,2-4H3,(H,20,23)(H,24,25). The van der Waals surface area contributed by atoms with E-state index < -0.39 is 17.9 Å². The number of benzene rings is 1. The summed E-state index contributed by atoms with van der Waals surface area (Å²) in [7, 11) is 0. The Kier molecular flexibility index (Phi) is 6.30. The van der Waals surface area contributed by atoms with Crippen LogP contribution in [-0.4, -0.2) is 46.0 Å². The van der Waals surface area contributed by atoms with E-state index in [1.54, 1.807) is 10.7 Å². The van der Waals surface area contributed by atoms with E-state index in [0.29, 0.717) is 0 Å². The predicted octanol–water partition coefficient (Wildman–Crippen LogP) is 2.18. The first-order valence-corrected chi connectivity index (χ1v) is 8.19. The smallest absolute Gasteiger partial charge is 0.328 e. The van der Waals surface area contributed by atoms with Gasteiger partial charge in [0.2, 0.25) is 0 Å². The first-order valence-electron chi connectivity index (χ1n) is 8.19. The Balaban J connectivity index is 2.19. The number of carboxylic acids is 1. The number of carbonyl (C=O) groups excluding carboxylic acids is 1. The Morgan fingerprint density at radius 3 is 2.50 bits per heavy atom. The second-order valence-electron chi connectivity index (χ2n) is 6.12. The number of aliphatic carboxylic acids is 1. The average Bonchev–Trinajstić information content (AvgIpc) is 2.95. The van der Waals surface area contributed by atoms with Gasteiger partial charge in [0.1, 0.15) is 0 Å². The molecule has 0 saturated heterocycles. The Bertz CT molecular complexity index is 806. The molecule has 0 aliphatic heterocycles. The fourth-order valence-electron chi connectivity index (χ4n) is 2.60. The fourth-order valence-corrected chi connectivity index (χ4v) is 2.60. The molecule has 138 valence electrons. The number of carbonyl (C=O) groups is 2. The lowest BCUT2D eigenvalue weighted by Crippen LogP contribution is -2.44. The van der Waals surface area contributed by atoms with E-state index in [1.165, 1.54) is 6.08 Å². The molecule has 1 aromatic carbocycles. The highest BCUT2D eigenvalue weighted by Gasteiger charge is 2.23. The fraction of sp³-hybridized carbons (Fsp3) is 0.316. The molecule has 2 N–H and O–H groups in total. The lowest BCUT2D eigenvalue weighted by atomic mass is 10.1. The van der Waals surface area contributed by atoms with Gasteiger partial charge in [-0.15, -0.1) is 6.58 Å². The SMILES string of the molecule is C=CCOCC(NC(=O)c1cc(C)n(-c2cc(C)cc(C)c2)n1)C(=O)O. The Morgan fingerprint density at radius 2 is 1.92 bits per heavy atom. The van der Waals surface area contributed by atoms with Gasteiger partial charge in [0.25, 0.3) is 5.91 Å². The van der Waals surface area contributed by atoms with Crippen molar-refractivity contribution in [2.45, 2.75) is 26.8 Å². The summed E-state index contributed by atoms with van der Waals surface area (Å²) in [6.45, 7) is 9.37. The monoisotopic (exact) mass is 357 g/mol. The van der Waals surface area contributed by atoms with E-state index in [4.69, 9.17) is 4.74 Å². The van der Waals surface area contributed by atoms with Gasteiger partial charge in [-0.25, -0.2) is 9.48 Å². The zero-order chi connectivity index (χ0) is 19.3. The van der Waals surface area contributed by atoms with Crippen molar-refractivity contribution in [1.29, 1.82) is 0 Å². The molecule has 1 heterocycles. The van der Waals surface area contributed by atoms with E-state index in [9.17, 15) is 14.7 Å². The van der Waals surface area contributed by atoms with E-state index in [2.05, 4.69) is 23.1 Å². The third kappa shape index (κ3) is 4.80. The normalized spacial score (nSPS) is 11.8. The molecule has 1 atom stereocenters. The van der Waals surface area contributed by atoms with Gasteiger partial charge in [-0.2, -0.15) is 5.10 Å². The van der Waals surface area contributed by atoms with Crippen molar-refractivity contribution in [1.82, 2.24) is 15.1 Å². The van der Waals surface area contributed by atoms with Crippen molar-refractivity contribution in [2.75, 3.05) is 13.2 Å². The number of carboxylic acid groups (broad SMARTS) is 1. The van der Waals surface area contributed by atoms with E-state index in [-0.39, 0.29) is 18.9 Å². The third-order valence-corrected chi connectivity index (χ3v) is 3.69. The maximum absolute atomic E-state index is 12.4. The lowest BCUT2D eigenvalue weighted by Gasteiger charge is -2.13. The molecule has 0 fully saturated rings. The molecule has 1 amide bonds. The van der Waals surface area contributed by atoms with Crippen LogP contribution >= 0.6 is 0 Å². The van der Waals surface area contributed by atoms with Gasteiger partial charge >= 0.3 is 5.97 Å². The van der Waals surface area contributed by atoms with Crippen molar-refractivity contribution in [2.24, 2.45) is 0 Å². The summed E-state index contributed by atoms with van der Waals surface area (Å²) in [6.07, 6.45) is 1.51. The van der Waals surface area contributed by atoms with Crippen LogP contribution in [0.1, 0.15) is 27.3 Å². The van der Waals surface area contributed by atoms with Crippen molar-refractivity contribution in [3.63, 3.8) is 0 Å². The number of ether oxygens (including phenoxy) is 1. The molecule has 1 aromatic heterocycles. The van der Waals surface area contributed by atoms with Gasteiger partial charge in [-0.05, 0) is 50.1 Å². The van der Waals surface area contributed by atoms with Gasteiger partial charge in [-0.3, -0.25) is 4.79 Å². The molecule has 7 heteroatoms. The van der Waals surface area contributed by atoms with Crippen LogP contribution in [0.3, 0.4) is 0 Å². The van der Waals surface area contributed by atoms with Crippen LogP contribution in [0.5, 0.6) is 0 Å². The molecule has 0 spiro atoms. The maximum Gasteiger partial charge on any atom is 0.328 e. The van der Waals surface area contributed by atoms with Crippen LogP contribution in [-0.2, 0) is 9.53 Å². The highest BCUT2D eigenvalue weighted by atomic mass is 16.5. The molecular formula is C19H23N3O4. The van der Waals surface area contributed by atoms with Crippen molar-refractivity contribution >= 4 is 11.9 Å². The van der Waals surface area contributed by atoms with Crippen molar-refractivity contribution in [3.8, 4) is 5.69 Å². The largest absolute Gasteiger partial charge is 0.480 e. The number of nitrogens with zero attached hydrogens (tertiary/aromatic N) is 2. The number of aromatic nitrogens is 2. The summed E-state index contributed by atoms with van der Waals surface area (Å²) >= 11 is 0. The minimum atomic E-state index is -1.17. The van der Waals surface area contributed by atoms with Gasteiger partial charge < -0.3 is 15.2 Å². The van der Waals surface area contributed by atoms with Crippen LogP contribution in [0.4, 0.5) is 0 Å². The van der Waals surface area contributed by atoms with Crippen LogP contribution in [0.25, 0.3) is 5.69 Å². The number of aryl methyl sites for hydroxylation is 3. The zero-order valence-corrected chi connectivity index (χ0v) is 15.2. The molecule has 2 aromatic rings. The summed E-state index contributed by atoms with van der Waals surface area (Å²) in [4.78, 5) is 23.7. The van der Waals surface area contributed by atoms with Gasteiger partial charge in [0.15, 0.2) is 11.7 Å². The second-order valence-corrected chi connectivity index (χ2v) is 6.12. The summed E-state index contributed by atoms with van der Waals surface area (Å²) < 4.78 is 6.79. The highest BCUT2D eigenvalue weighted by molar-refractivity contribution is 5.95. The molecule has 7 nitrogen and oxygen atoms in total. The van der Waals surface area contributed by atoms with E-state index >= 15 is 0 Å². The first kappa shape index (κ1) is 19.4. The molecule has 26 heavy (non-hydrogen) atoms. The molecule has 0 saturated carbocycles. The van der Waals surface area contributed by atoms with Crippen LogP contribution in [0.2, 0.25) is 0 Å². The van der Waals surface area contributed by atoms with Gasteiger partial charge in [-0.1, -0.05) is 12.1 Å². The quantitative estimate of drug-likeness (QED) is 0.558. The average molecular weight is 357 g/mol. The van der Waals surface area contributed by atoms with Crippen LogP contribution in [0.15, 0.2) is 36.9 Å². The summed E-state index contributed by atoms with van der Waals surface area (Å²) in [5.74, 6) is -1.74. The molecule has 0 aliphatic rings. The molecular weight excluding hydrogens is 334 g/mol. The third-order valence-electron chi connectivity index (χ3n) is 3.69. The van der Waals surface area contributed by atoms with Crippen molar-refractivity contribution in [3.05, 3.63) is 59.4 Å². The number of hydrogen-bond acceptors (Lipinski definition) is 4. The number of hydrogen-bond donors (Lipinski definition) is 2.